The smallest absolute Gasteiger partial charge is 0.231 e. The molecule has 6 rings (SSSR count). The largest absolute Gasteiger partial charge is 0.454 e. The van der Waals surface area contributed by atoms with Crippen LogP contribution in [0.15, 0.2) is 18.2 Å². The van der Waals surface area contributed by atoms with Crippen molar-refractivity contribution in [3.63, 3.8) is 0 Å². The van der Waals surface area contributed by atoms with Crippen LogP contribution in [0, 0.1) is 6.92 Å². The zero-order valence-electron chi connectivity index (χ0n) is 15.8. The van der Waals surface area contributed by atoms with Gasteiger partial charge in [-0.2, -0.15) is 4.52 Å². The van der Waals surface area contributed by atoms with E-state index in [1.165, 1.54) is 10.4 Å². The summed E-state index contributed by atoms with van der Waals surface area (Å²) in [5.41, 5.74) is 2.85. The summed E-state index contributed by atoms with van der Waals surface area (Å²) in [5, 5.41) is 5.84. The molecule has 28 heavy (non-hydrogen) atoms. The number of rotatable bonds is 1. The zero-order valence-corrected chi connectivity index (χ0v) is 16.6. The van der Waals surface area contributed by atoms with Crippen LogP contribution in [0.2, 0.25) is 0 Å². The topological polar surface area (TPSA) is 70.8 Å². The Balaban J connectivity index is 1.59. The molecular formula is C20H18N4O3S. The standard InChI is InChI=1S/C20H18N4O3S/c1-10-21-19-16(12-7-20(2,3)27-8-15(12)28-19)18-22-17(23-24(10)18)11-4-5-13-14(6-11)26-9-25-13/h4-6H,7-9H2,1-3H3. The number of aromatic nitrogens is 4. The van der Waals surface area contributed by atoms with Crippen molar-refractivity contribution < 1.29 is 14.2 Å². The maximum Gasteiger partial charge on any atom is 0.231 e. The summed E-state index contributed by atoms with van der Waals surface area (Å²) in [6, 6.07) is 5.79. The van der Waals surface area contributed by atoms with Crippen molar-refractivity contribution in [2.24, 2.45) is 0 Å². The maximum absolute atomic E-state index is 5.99. The van der Waals surface area contributed by atoms with E-state index in [0.29, 0.717) is 12.4 Å². The number of fused-ring (bicyclic) bond motifs is 6. The summed E-state index contributed by atoms with van der Waals surface area (Å²) < 4.78 is 18.8. The lowest BCUT2D eigenvalue weighted by Crippen LogP contribution is -2.31. The van der Waals surface area contributed by atoms with Crippen LogP contribution < -0.4 is 9.47 Å². The Morgan fingerprint density at radius 2 is 2.00 bits per heavy atom. The third-order valence-corrected chi connectivity index (χ3v) is 6.40. The van der Waals surface area contributed by atoms with Crippen LogP contribution in [-0.4, -0.2) is 32.0 Å². The van der Waals surface area contributed by atoms with Gasteiger partial charge in [-0.15, -0.1) is 16.4 Å². The van der Waals surface area contributed by atoms with Gasteiger partial charge < -0.3 is 14.2 Å². The summed E-state index contributed by atoms with van der Waals surface area (Å²) >= 11 is 1.70. The second-order valence-corrected chi connectivity index (χ2v) is 8.89. The van der Waals surface area contributed by atoms with E-state index in [2.05, 4.69) is 13.8 Å². The molecule has 3 aromatic heterocycles. The maximum atomic E-state index is 5.99. The second-order valence-electron chi connectivity index (χ2n) is 7.81. The quantitative estimate of drug-likeness (QED) is 0.488. The minimum atomic E-state index is -0.191. The third-order valence-electron chi connectivity index (χ3n) is 5.30. The second kappa shape index (κ2) is 5.42. The lowest BCUT2D eigenvalue weighted by atomic mass is 9.94. The Bertz CT molecular complexity index is 1270. The fourth-order valence-corrected chi connectivity index (χ4v) is 5.04. The normalized spacial score (nSPS) is 17.4. The molecule has 0 saturated carbocycles. The van der Waals surface area contributed by atoms with Crippen molar-refractivity contribution in [3.8, 4) is 22.9 Å². The number of hydrogen-bond donors (Lipinski definition) is 0. The molecule has 1 aromatic carbocycles. The number of ether oxygens (including phenoxy) is 3. The van der Waals surface area contributed by atoms with E-state index in [1.54, 1.807) is 11.3 Å². The van der Waals surface area contributed by atoms with E-state index in [1.807, 2.05) is 29.6 Å². The van der Waals surface area contributed by atoms with E-state index >= 15 is 0 Å². The number of aryl methyl sites for hydroxylation is 1. The summed E-state index contributed by atoms with van der Waals surface area (Å²) in [7, 11) is 0. The molecule has 0 saturated heterocycles. The molecule has 0 unspecified atom stereocenters. The molecule has 2 aliphatic heterocycles. The monoisotopic (exact) mass is 394 g/mol. The van der Waals surface area contributed by atoms with Crippen molar-refractivity contribution in [2.75, 3.05) is 6.79 Å². The first kappa shape index (κ1) is 16.3. The SMILES string of the molecule is Cc1nc2sc3c(c2c2nc(-c4ccc5c(c4)OCO5)nn12)CC(C)(C)OC3. The highest BCUT2D eigenvalue weighted by molar-refractivity contribution is 7.19. The highest BCUT2D eigenvalue weighted by Crippen LogP contribution is 2.40. The average Bonchev–Trinajstić information content (AvgIpc) is 3.36. The van der Waals surface area contributed by atoms with Crippen molar-refractivity contribution in [3.05, 3.63) is 34.5 Å². The number of thiophene rings is 1. The predicted molar refractivity (Wildman–Crippen MR) is 105 cm³/mol. The Labute approximate surface area is 164 Å². The van der Waals surface area contributed by atoms with Crippen molar-refractivity contribution in [1.82, 2.24) is 19.6 Å². The van der Waals surface area contributed by atoms with Gasteiger partial charge in [0.1, 0.15) is 10.7 Å². The van der Waals surface area contributed by atoms with Gasteiger partial charge in [0.25, 0.3) is 0 Å². The number of benzene rings is 1. The third kappa shape index (κ3) is 2.28. The van der Waals surface area contributed by atoms with Gasteiger partial charge in [-0.25, -0.2) is 9.97 Å². The van der Waals surface area contributed by atoms with Crippen LogP contribution in [0.3, 0.4) is 0 Å². The Hall–Kier alpha value is -2.71. The molecule has 0 atom stereocenters. The van der Waals surface area contributed by atoms with Crippen LogP contribution in [0.1, 0.15) is 30.1 Å². The van der Waals surface area contributed by atoms with Gasteiger partial charge in [-0.1, -0.05) is 0 Å². The summed E-state index contributed by atoms with van der Waals surface area (Å²) in [4.78, 5) is 11.9. The Kier molecular flexibility index (Phi) is 3.15. The van der Waals surface area contributed by atoms with Crippen LogP contribution in [-0.2, 0) is 17.8 Å². The molecule has 2 aliphatic rings. The highest BCUT2D eigenvalue weighted by atomic mass is 32.1. The molecule has 0 N–H and O–H groups in total. The lowest BCUT2D eigenvalue weighted by Gasteiger charge is -2.30. The van der Waals surface area contributed by atoms with Gasteiger partial charge in [0.2, 0.25) is 6.79 Å². The number of hydrogen-bond acceptors (Lipinski definition) is 7. The zero-order chi connectivity index (χ0) is 19.0. The van der Waals surface area contributed by atoms with E-state index in [4.69, 9.17) is 29.3 Å². The molecule has 5 heterocycles. The van der Waals surface area contributed by atoms with Gasteiger partial charge >= 0.3 is 0 Å². The van der Waals surface area contributed by atoms with Gasteiger partial charge in [0.05, 0.1) is 17.6 Å². The first-order valence-electron chi connectivity index (χ1n) is 9.20. The molecule has 8 heteroatoms. The van der Waals surface area contributed by atoms with Crippen LogP contribution in [0.5, 0.6) is 11.5 Å². The van der Waals surface area contributed by atoms with Gasteiger partial charge in [-0.05, 0) is 44.5 Å². The van der Waals surface area contributed by atoms with Crippen LogP contribution >= 0.6 is 11.3 Å². The first-order valence-corrected chi connectivity index (χ1v) is 10.0. The van der Waals surface area contributed by atoms with Crippen LogP contribution in [0.4, 0.5) is 0 Å². The van der Waals surface area contributed by atoms with E-state index < -0.39 is 0 Å². The Morgan fingerprint density at radius 1 is 1.14 bits per heavy atom. The van der Waals surface area contributed by atoms with E-state index in [-0.39, 0.29) is 12.4 Å². The minimum absolute atomic E-state index is 0.191. The van der Waals surface area contributed by atoms with Crippen molar-refractivity contribution >= 4 is 27.2 Å². The molecule has 0 bridgehead atoms. The molecule has 0 aliphatic carbocycles. The molecule has 7 nitrogen and oxygen atoms in total. The molecule has 0 radical (unpaired) electrons. The fourth-order valence-electron chi connectivity index (χ4n) is 3.90. The van der Waals surface area contributed by atoms with Gasteiger partial charge in [-0.3, -0.25) is 0 Å². The van der Waals surface area contributed by atoms with Gasteiger partial charge in [0.15, 0.2) is 23.0 Å². The van der Waals surface area contributed by atoms with Crippen molar-refractivity contribution in [1.29, 1.82) is 0 Å². The summed E-state index contributed by atoms with van der Waals surface area (Å²) in [6.07, 6.45) is 0.842. The molecule has 4 aromatic rings. The van der Waals surface area contributed by atoms with E-state index in [9.17, 15) is 0 Å². The number of nitrogens with zero attached hydrogens (tertiary/aromatic N) is 4. The predicted octanol–water partition coefficient (Wildman–Crippen LogP) is 3.89. The lowest BCUT2D eigenvalue weighted by molar-refractivity contribution is -0.0379. The average molecular weight is 394 g/mol. The van der Waals surface area contributed by atoms with Gasteiger partial charge in [0, 0.05) is 16.9 Å². The van der Waals surface area contributed by atoms with E-state index in [0.717, 1.165) is 45.2 Å². The molecule has 142 valence electrons. The molecular weight excluding hydrogens is 376 g/mol. The minimum Gasteiger partial charge on any atom is -0.454 e. The summed E-state index contributed by atoms with van der Waals surface area (Å²) in [6.45, 7) is 7.08. The van der Waals surface area contributed by atoms with Crippen molar-refractivity contribution in [2.45, 2.75) is 39.4 Å². The highest BCUT2D eigenvalue weighted by Gasteiger charge is 2.31. The summed E-state index contributed by atoms with van der Waals surface area (Å²) in [5.74, 6) is 2.95. The fraction of sp³-hybridized carbons (Fsp3) is 0.350. The molecule has 0 fully saturated rings. The van der Waals surface area contributed by atoms with Crippen LogP contribution in [0.25, 0.3) is 27.3 Å². The first-order chi connectivity index (χ1) is 13.5. The Morgan fingerprint density at radius 3 is 2.89 bits per heavy atom. The molecule has 0 amide bonds. The molecule has 0 spiro atoms.